The van der Waals surface area contributed by atoms with Gasteiger partial charge < -0.3 is 4.74 Å². The van der Waals surface area contributed by atoms with E-state index in [-0.39, 0.29) is 6.10 Å². The number of fused-ring (bicyclic) bond motifs is 1. The molecule has 0 spiro atoms. The fraction of sp³-hybridized carbons (Fsp3) is 0.231. The predicted molar refractivity (Wildman–Crippen MR) is 62.2 cm³/mol. The maximum absolute atomic E-state index is 9.02. The maximum atomic E-state index is 9.02. The Kier molecular flexibility index (Phi) is 2.74. The van der Waals surface area contributed by atoms with E-state index in [0.29, 0.717) is 11.4 Å². The molecule has 16 heavy (non-hydrogen) atoms. The molecule has 1 heterocycles. The molecule has 0 atom stereocenters. The molecule has 0 fully saturated rings. The van der Waals surface area contributed by atoms with Crippen molar-refractivity contribution in [2.75, 3.05) is 0 Å². The third-order valence-electron chi connectivity index (χ3n) is 2.16. The second-order valence-electron chi connectivity index (χ2n) is 3.81. The van der Waals surface area contributed by atoms with E-state index in [2.05, 4.69) is 11.1 Å². The molecule has 1 aromatic heterocycles. The van der Waals surface area contributed by atoms with E-state index in [1.807, 2.05) is 38.1 Å². The number of hydrogen-bond acceptors (Lipinski definition) is 3. The van der Waals surface area contributed by atoms with Crippen molar-refractivity contribution >= 4 is 10.9 Å². The van der Waals surface area contributed by atoms with Crippen molar-refractivity contribution in [2.24, 2.45) is 0 Å². The molecule has 0 aliphatic rings. The van der Waals surface area contributed by atoms with Gasteiger partial charge in [-0.25, -0.2) is 4.98 Å². The van der Waals surface area contributed by atoms with Gasteiger partial charge in [0.25, 0.3) is 0 Å². The number of nitrogens with zero attached hydrogens (tertiary/aromatic N) is 2. The molecule has 80 valence electrons. The molecule has 0 unspecified atom stereocenters. The highest BCUT2D eigenvalue weighted by atomic mass is 16.5. The van der Waals surface area contributed by atoms with Gasteiger partial charge >= 0.3 is 0 Å². The average Bonchev–Trinajstić information content (AvgIpc) is 2.27. The number of ether oxygens (including phenoxy) is 1. The molecular weight excluding hydrogens is 200 g/mol. The van der Waals surface area contributed by atoms with Gasteiger partial charge in [0.05, 0.1) is 11.6 Å². The number of aromatic nitrogens is 1. The van der Waals surface area contributed by atoms with Crippen LogP contribution in [-0.2, 0) is 0 Å². The van der Waals surface area contributed by atoms with Crippen LogP contribution in [0, 0.1) is 11.3 Å². The molecule has 2 rings (SSSR count). The Balaban J connectivity index is 2.59. The van der Waals surface area contributed by atoms with E-state index in [4.69, 9.17) is 10.00 Å². The summed E-state index contributed by atoms with van der Waals surface area (Å²) in [5.74, 6) is 0.413. The predicted octanol–water partition coefficient (Wildman–Crippen LogP) is 2.89. The van der Waals surface area contributed by atoms with Crippen LogP contribution < -0.4 is 4.74 Å². The zero-order valence-electron chi connectivity index (χ0n) is 9.27. The lowest BCUT2D eigenvalue weighted by atomic mass is 10.1. The van der Waals surface area contributed by atoms with E-state index in [1.165, 1.54) is 0 Å². The summed E-state index contributed by atoms with van der Waals surface area (Å²) < 4.78 is 5.51. The Labute approximate surface area is 94.3 Å². The molecule has 0 radical (unpaired) electrons. The van der Waals surface area contributed by atoms with Gasteiger partial charge in [-0.1, -0.05) is 18.2 Å². The van der Waals surface area contributed by atoms with Crippen LogP contribution in [0.1, 0.15) is 19.4 Å². The van der Waals surface area contributed by atoms with Crippen molar-refractivity contribution in [3.63, 3.8) is 0 Å². The van der Waals surface area contributed by atoms with Crippen LogP contribution in [0.25, 0.3) is 10.9 Å². The third kappa shape index (κ3) is 1.96. The first-order valence-corrected chi connectivity index (χ1v) is 5.17. The minimum absolute atomic E-state index is 0.0146. The normalized spacial score (nSPS) is 10.4. The molecule has 0 saturated heterocycles. The highest BCUT2D eigenvalue weighted by molar-refractivity contribution is 5.80. The number of rotatable bonds is 2. The third-order valence-corrected chi connectivity index (χ3v) is 2.16. The molecule has 0 amide bonds. The fourth-order valence-electron chi connectivity index (χ4n) is 1.49. The molecule has 0 saturated carbocycles. The summed E-state index contributed by atoms with van der Waals surface area (Å²) in [6.07, 6.45) is 0.0146. The van der Waals surface area contributed by atoms with Gasteiger partial charge in [0.1, 0.15) is 11.6 Å². The van der Waals surface area contributed by atoms with E-state index in [9.17, 15) is 0 Å². The zero-order valence-corrected chi connectivity index (χ0v) is 9.27. The first kappa shape index (κ1) is 10.4. The first-order valence-electron chi connectivity index (χ1n) is 5.17. The van der Waals surface area contributed by atoms with Gasteiger partial charge in [-0.05, 0) is 26.0 Å². The summed E-state index contributed by atoms with van der Waals surface area (Å²) in [5, 5.41) is 9.97. The van der Waals surface area contributed by atoms with Crippen molar-refractivity contribution in [3.8, 4) is 11.9 Å². The summed E-state index contributed by atoms with van der Waals surface area (Å²) in [6, 6.07) is 11.6. The SMILES string of the molecule is CC(C)Oc1nc2ccccc2cc1C#N. The van der Waals surface area contributed by atoms with Crippen LogP contribution in [0.5, 0.6) is 5.88 Å². The fourth-order valence-corrected chi connectivity index (χ4v) is 1.49. The topological polar surface area (TPSA) is 45.9 Å². The summed E-state index contributed by atoms with van der Waals surface area (Å²) in [7, 11) is 0. The number of para-hydroxylation sites is 1. The van der Waals surface area contributed by atoms with Gasteiger partial charge in [-0.3, -0.25) is 0 Å². The second-order valence-corrected chi connectivity index (χ2v) is 3.81. The molecule has 3 heteroatoms. The summed E-state index contributed by atoms with van der Waals surface area (Å²) in [5.41, 5.74) is 1.32. The van der Waals surface area contributed by atoms with Crippen molar-refractivity contribution in [2.45, 2.75) is 20.0 Å². The Hall–Kier alpha value is -2.08. The van der Waals surface area contributed by atoms with Crippen LogP contribution in [0.3, 0.4) is 0 Å². The average molecular weight is 212 g/mol. The van der Waals surface area contributed by atoms with Crippen LogP contribution in [0.2, 0.25) is 0 Å². The molecule has 1 aromatic carbocycles. The lowest BCUT2D eigenvalue weighted by molar-refractivity contribution is 0.233. The Bertz CT molecular complexity index is 555. The Morgan fingerprint density at radius 2 is 2.06 bits per heavy atom. The molecule has 0 bridgehead atoms. The van der Waals surface area contributed by atoms with E-state index >= 15 is 0 Å². The second kappa shape index (κ2) is 4.19. The summed E-state index contributed by atoms with van der Waals surface area (Å²) >= 11 is 0. The first-order chi connectivity index (χ1) is 7.70. The lowest BCUT2D eigenvalue weighted by Crippen LogP contribution is -2.08. The highest BCUT2D eigenvalue weighted by Crippen LogP contribution is 2.22. The van der Waals surface area contributed by atoms with E-state index < -0.39 is 0 Å². The maximum Gasteiger partial charge on any atom is 0.232 e. The Morgan fingerprint density at radius 3 is 2.75 bits per heavy atom. The summed E-state index contributed by atoms with van der Waals surface area (Å²) in [6.45, 7) is 3.83. The van der Waals surface area contributed by atoms with Crippen molar-refractivity contribution in [3.05, 3.63) is 35.9 Å². The van der Waals surface area contributed by atoms with Crippen molar-refractivity contribution < 1.29 is 4.74 Å². The zero-order chi connectivity index (χ0) is 11.5. The van der Waals surface area contributed by atoms with Crippen molar-refractivity contribution in [1.29, 1.82) is 5.26 Å². The van der Waals surface area contributed by atoms with Gasteiger partial charge in [0.2, 0.25) is 5.88 Å². The monoisotopic (exact) mass is 212 g/mol. The van der Waals surface area contributed by atoms with Crippen LogP contribution in [-0.4, -0.2) is 11.1 Å². The lowest BCUT2D eigenvalue weighted by Gasteiger charge is -2.10. The smallest absolute Gasteiger partial charge is 0.232 e. The number of pyridine rings is 1. The molecule has 0 aliphatic carbocycles. The molecule has 0 aliphatic heterocycles. The standard InChI is InChI=1S/C13H12N2O/c1-9(2)16-13-11(8-14)7-10-5-3-4-6-12(10)15-13/h3-7,9H,1-2H3. The molecule has 0 N–H and O–H groups in total. The van der Waals surface area contributed by atoms with Crippen LogP contribution in [0.15, 0.2) is 30.3 Å². The van der Waals surface area contributed by atoms with Gasteiger partial charge in [-0.15, -0.1) is 0 Å². The number of nitriles is 1. The van der Waals surface area contributed by atoms with Gasteiger partial charge in [0, 0.05) is 5.39 Å². The van der Waals surface area contributed by atoms with Crippen LogP contribution in [0.4, 0.5) is 0 Å². The van der Waals surface area contributed by atoms with E-state index in [0.717, 1.165) is 10.9 Å². The Morgan fingerprint density at radius 1 is 1.31 bits per heavy atom. The highest BCUT2D eigenvalue weighted by Gasteiger charge is 2.08. The molecular formula is C13H12N2O. The number of benzene rings is 1. The minimum atomic E-state index is 0.0146. The quantitative estimate of drug-likeness (QED) is 0.768. The van der Waals surface area contributed by atoms with Gasteiger partial charge in [0.15, 0.2) is 0 Å². The van der Waals surface area contributed by atoms with E-state index in [1.54, 1.807) is 6.07 Å². The molecule has 3 nitrogen and oxygen atoms in total. The van der Waals surface area contributed by atoms with Crippen molar-refractivity contribution in [1.82, 2.24) is 4.98 Å². The number of hydrogen-bond donors (Lipinski definition) is 0. The van der Waals surface area contributed by atoms with Gasteiger partial charge in [-0.2, -0.15) is 5.26 Å². The largest absolute Gasteiger partial charge is 0.474 e. The minimum Gasteiger partial charge on any atom is -0.474 e. The van der Waals surface area contributed by atoms with Crippen LogP contribution >= 0.6 is 0 Å². The molecule has 2 aromatic rings. The summed E-state index contributed by atoms with van der Waals surface area (Å²) in [4.78, 5) is 4.34.